The lowest BCUT2D eigenvalue weighted by Gasteiger charge is -2.22. The van der Waals surface area contributed by atoms with Gasteiger partial charge in [0, 0.05) is 28.3 Å². The molecule has 0 atom stereocenters. The number of aromatic nitrogens is 6. The van der Waals surface area contributed by atoms with E-state index in [0.29, 0.717) is 23.4 Å². The smallest absolute Gasteiger partial charge is 0.258 e. The normalized spacial score (nSPS) is 22.6. The number of rotatable bonds is 3. The van der Waals surface area contributed by atoms with E-state index in [1.165, 1.54) is 17.3 Å². The van der Waals surface area contributed by atoms with Crippen molar-refractivity contribution in [2.75, 3.05) is 22.6 Å². The molecule has 0 aromatic carbocycles. The van der Waals surface area contributed by atoms with Gasteiger partial charge in [-0.05, 0) is 12.8 Å². The molecule has 0 spiro atoms. The van der Waals surface area contributed by atoms with Crippen LogP contribution in [0.5, 0.6) is 0 Å². The largest absolute Gasteiger partial charge is 0.368 e. The van der Waals surface area contributed by atoms with Gasteiger partial charge in [-0.25, -0.2) is 4.98 Å². The van der Waals surface area contributed by atoms with Crippen LogP contribution >= 0.6 is 0 Å². The molecule has 1 aliphatic heterocycles. The molecular formula is C10H14N8OS. The van der Waals surface area contributed by atoms with E-state index in [-0.39, 0.29) is 12.0 Å². The van der Waals surface area contributed by atoms with Gasteiger partial charge in [-0.2, -0.15) is 24.7 Å². The third-order valence-electron chi connectivity index (χ3n) is 2.99. The molecule has 0 amide bonds. The molecule has 0 bridgehead atoms. The Morgan fingerprint density at radius 2 is 2.10 bits per heavy atom. The molecule has 3 rings (SSSR count). The van der Waals surface area contributed by atoms with E-state index in [9.17, 15) is 4.21 Å². The van der Waals surface area contributed by atoms with E-state index >= 15 is 0 Å². The molecular weight excluding hydrogens is 280 g/mol. The maximum atomic E-state index is 11.3. The minimum Gasteiger partial charge on any atom is -0.368 e. The van der Waals surface area contributed by atoms with Crippen molar-refractivity contribution in [2.45, 2.75) is 18.9 Å². The number of nitrogen functional groups attached to an aromatic ring is 1. The molecule has 3 N–H and O–H groups in total. The number of hydrogen-bond acceptors (Lipinski definition) is 8. The van der Waals surface area contributed by atoms with Gasteiger partial charge in [-0.1, -0.05) is 0 Å². The Morgan fingerprint density at radius 3 is 2.80 bits per heavy atom. The highest BCUT2D eigenvalue weighted by atomic mass is 32.2. The number of hydrogen-bond donors (Lipinski definition) is 2. The predicted molar refractivity (Wildman–Crippen MR) is 73.7 cm³/mol. The van der Waals surface area contributed by atoms with Crippen molar-refractivity contribution in [1.82, 2.24) is 29.7 Å². The maximum Gasteiger partial charge on any atom is 0.258 e. The molecule has 3 heterocycles. The summed E-state index contributed by atoms with van der Waals surface area (Å²) in [4.78, 5) is 16.2. The van der Waals surface area contributed by atoms with Crippen LogP contribution in [0.15, 0.2) is 12.7 Å². The zero-order valence-electron chi connectivity index (χ0n) is 10.6. The molecule has 0 unspecified atom stereocenters. The van der Waals surface area contributed by atoms with E-state index in [4.69, 9.17) is 5.73 Å². The lowest BCUT2D eigenvalue weighted by molar-refractivity contribution is 0.619. The van der Waals surface area contributed by atoms with Crippen LogP contribution in [-0.4, -0.2) is 51.5 Å². The van der Waals surface area contributed by atoms with Crippen molar-refractivity contribution in [3.63, 3.8) is 0 Å². The van der Waals surface area contributed by atoms with E-state index in [1.807, 2.05) is 0 Å². The second kappa shape index (κ2) is 5.49. The summed E-state index contributed by atoms with van der Waals surface area (Å²) >= 11 is 0. The molecule has 0 saturated carbocycles. The first-order chi connectivity index (χ1) is 9.70. The summed E-state index contributed by atoms with van der Waals surface area (Å²) < 4.78 is 12.7. The summed E-state index contributed by atoms with van der Waals surface area (Å²) in [6, 6.07) is 0.207. The van der Waals surface area contributed by atoms with Crippen LogP contribution in [0.25, 0.3) is 5.95 Å². The van der Waals surface area contributed by atoms with E-state index in [0.717, 1.165) is 12.8 Å². The van der Waals surface area contributed by atoms with Crippen LogP contribution in [0.1, 0.15) is 12.8 Å². The third kappa shape index (κ3) is 2.90. The maximum absolute atomic E-state index is 11.3. The van der Waals surface area contributed by atoms with Crippen molar-refractivity contribution in [3.8, 4) is 5.95 Å². The third-order valence-corrected chi connectivity index (χ3v) is 4.37. The molecule has 20 heavy (non-hydrogen) atoms. The van der Waals surface area contributed by atoms with Crippen molar-refractivity contribution < 1.29 is 4.21 Å². The van der Waals surface area contributed by atoms with Crippen molar-refractivity contribution in [3.05, 3.63) is 12.7 Å². The Labute approximate surface area is 117 Å². The summed E-state index contributed by atoms with van der Waals surface area (Å²) in [5.41, 5.74) is 5.68. The van der Waals surface area contributed by atoms with Gasteiger partial charge in [0.05, 0.1) is 0 Å². The van der Waals surface area contributed by atoms with Gasteiger partial charge in [0.25, 0.3) is 5.95 Å². The lowest BCUT2D eigenvalue weighted by atomic mass is 10.2. The molecule has 1 fully saturated rings. The van der Waals surface area contributed by atoms with Crippen LogP contribution in [0.2, 0.25) is 0 Å². The first kappa shape index (κ1) is 12.9. The summed E-state index contributed by atoms with van der Waals surface area (Å²) in [6.45, 7) is 0. The first-order valence-corrected chi connectivity index (χ1v) is 7.67. The van der Waals surface area contributed by atoms with Gasteiger partial charge in [0.2, 0.25) is 11.9 Å². The molecule has 106 valence electrons. The van der Waals surface area contributed by atoms with Crippen LogP contribution in [0.3, 0.4) is 0 Å². The highest BCUT2D eigenvalue weighted by Gasteiger charge is 2.19. The fourth-order valence-corrected chi connectivity index (χ4v) is 3.28. The fraction of sp³-hybridized carbons (Fsp3) is 0.500. The Morgan fingerprint density at radius 1 is 1.30 bits per heavy atom. The standard InChI is InChI=1S/C10H14N8OS/c11-8-15-9(14-7-1-3-20(19)4-2-7)17-10(16-8)18-6-12-5-13-18/h5-7H,1-4H2,(H3,11,14,15,16,17). The molecule has 1 saturated heterocycles. The van der Waals surface area contributed by atoms with Gasteiger partial charge in [-0.15, -0.1) is 0 Å². The summed E-state index contributed by atoms with van der Waals surface area (Å²) in [6.07, 6.45) is 4.54. The predicted octanol–water partition coefficient (Wildman–Crippen LogP) is -0.643. The molecule has 1 aliphatic rings. The van der Waals surface area contributed by atoms with Crippen LogP contribution in [0.4, 0.5) is 11.9 Å². The van der Waals surface area contributed by atoms with E-state index < -0.39 is 10.8 Å². The zero-order valence-corrected chi connectivity index (χ0v) is 11.5. The zero-order chi connectivity index (χ0) is 13.9. The van der Waals surface area contributed by atoms with Crippen molar-refractivity contribution in [1.29, 1.82) is 0 Å². The SMILES string of the molecule is Nc1nc(NC2CCS(=O)CC2)nc(-n2cncn2)n1. The van der Waals surface area contributed by atoms with Gasteiger partial charge in [-0.3, -0.25) is 4.21 Å². The summed E-state index contributed by atoms with van der Waals surface area (Å²) in [7, 11) is -0.692. The second-order valence-electron chi connectivity index (χ2n) is 4.42. The molecule has 0 radical (unpaired) electrons. The van der Waals surface area contributed by atoms with Gasteiger partial charge < -0.3 is 11.1 Å². The fourth-order valence-electron chi connectivity index (χ4n) is 1.98. The van der Waals surface area contributed by atoms with Gasteiger partial charge in [0.15, 0.2) is 0 Å². The highest BCUT2D eigenvalue weighted by Crippen LogP contribution is 2.14. The monoisotopic (exact) mass is 294 g/mol. The van der Waals surface area contributed by atoms with E-state index in [1.54, 1.807) is 0 Å². The minimum absolute atomic E-state index is 0.118. The van der Waals surface area contributed by atoms with Gasteiger partial charge in [0.1, 0.15) is 12.7 Å². The highest BCUT2D eigenvalue weighted by molar-refractivity contribution is 7.85. The Kier molecular flexibility index (Phi) is 3.54. The molecule has 2 aromatic heterocycles. The second-order valence-corrected chi connectivity index (χ2v) is 6.12. The summed E-state index contributed by atoms with van der Waals surface area (Å²) in [5.74, 6) is 2.24. The van der Waals surface area contributed by atoms with Crippen LogP contribution in [-0.2, 0) is 10.8 Å². The molecule has 2 aromatic rings. The first-order valence-electron chi connectivity index (χ1n) is 6.19. The lowest BCUT2D eigenvalue weighted by Crippen LogP contribution is -2.30. The Hall–Kier alpha value is -2.10. The molecule has 10 heteroatoms. The number of nitrogens with one attached hydrogen (secondary N) is 1. The molecule has 9 nitrogen and oxygen atoms in total. The average molecular weight is 294 g/mol. The van der Waals surface area contributed by atoms with Crippen LogP contribution < -0.4 is 11.1 Å². The Bertz CT molecular complexity index is 606. The van der Waals surface area contributed by atoms with Gasteiger partial charge >= 0.3 is 0 Å². The van der Waals surface area contributed by atoms with Crippen molar-refractivity contribution >= 4 is 22.7 Å². The number of nitrogens with zero attached hydrogens (tertiary/aromatic N) is 6. The molecule has 0 aliphatic carbocycles. The number of anilines is 2. The minimum atomic E-state index is -0.692. The average Bonchev–Trinajstić information content (AvgIpc) is 2.95. The topological polar surface area (TPSA) is 124 Å². The summed E-state index contributed by atoms with van der Waals surface area (Å²) in [5, 5.41) is 7.16. The van der Waals surface area contributed by atoms with Crippen LogP contribution in [0, 0.1) is 0 Å². The van der Waals surface area contributed by atoms with Crippen molar-refractivity contribution in [2.24, 2.45) is 0 Å². The Balaban J connectivity index is 1.78. The number of nitrogens with two attached hydrogens (primary N) is 1. The van der Waals surface area contributed by atoms with E-state index in [2.05, 4.69) is 30.4 Å². The quantitative estimate of drug-likeness (QED) is 0.765.